The molecule has 2 unspecified atom stereocenters. The lowest BCUT2D eigenvalue weighted by atomic mass is 9.87. The van der Waals surface area contributed by atoms with E-state index in [0.717, 1.165) is 16.9 Å². The summed E-state index contributed by atoms with van der Waals surface area (Å²) in [6, 6.07) is 5.31. The van der Waals surface area contributed by atoms with E-state index in [0.29, 0.717) is 17.7 Å². The molecular formula is C18H18F2N4OS. The summed E-state index contributed by atoms with van der Waals surface area (Å²) < 4.78 is 30.1. The zero-order valence-corrected chi connectivity index (χ0v) is 14.7. The minimum absolute atomic E-state index is 0.247. The SMILES string of the molecule is NC1CCCC(F)(F)C1NC(=O)c1cc(-c2cnc3ccccn23)cs1. The largest absolute Gasteiger partial charge is 0.341 e. The number of aromatic nitrogens is 2. The van der Waals surface area contributed by atoms with Gasteiger partial charge < -0.3 is 11.1 Å². The summed E-state index contributed by atoms with van der Waals surface area (Å²) in [5.74, 6) is -3.49. The highest BCUT2D eigenvalue weighted by molar-refractivity contribution is 7.12. The Bertz CT molecular complexity index is 951. The van der Waals surface area contributed by atoms with Crippen LogP contribution < -0.4 is 11.1 Å². The van der Waals surface area contributed by atoms with Gasteiger partial charge in [0.15, 0.2) is 0 Å². The van der Waals surface area contributed by atoms with Crippen molar-refractivity contribution in [2.45, 2.75) is 37.3 Å². The average Bonchev–Trinajstić information content (AvgIpc) is 3.24. The Morgan fingerprint density at radius 1 is 1.42 bits per heavy atom. The van der Waals surface area contributed by atoms with E-state index in [1.807, 2.05) is 34.2 Å². The molecule has 1 aliphatic carbocycles. The summed E-state index contributed by atoms with van der Waals surface area (Å²) in [7, 11) is 0. The van der Waals surface area contributed by atoms with Crippen molar-refractivity contribution in [3.63, 3.8) is 0 Å². The first-order chi connectivity index (χ1) is 12.5. The molecule has 0 bridgehead atoms. The molecule has 1 aliphatic rings. The minimum Gasteiger partial charge on any atom is -0.341 e. The van der Waals surface area contributed by atoms with Gasteiger partial charge in [-0.3, -0.25) is 9.20 Å². The summed E-state index contributed by atoms with van der Waals surface area (Å²) in [6.45, 7) is 0. The zero-order chi connectivity index (χ0) is 18.3. The van der Waals surface area contributed by atoms with Crippen molar-refractivity contribution >= 4 is 22.9 Å². The molecule has 5 nitrogen and oxygen atoms in total. The first-order valence-corrected chi connectivity index (χ1v) is 9.29. The Morgan fingerprint density at radius 2 is 2.27 bits per heavy atom. The molecule has 4 rings (SSSR count). The predicted molar refractivity (Wildman–Crippen MR) is 96.5 cm³/mol. The first-order valence-electron chi connectivity index (χ1n) is 8.41. The van der Waals surface area contributed by atoms with Crippen molar-refractivity contribution in [1.82, 2.24) is 14.7 Å². The first kappa shape index (κ1) is 17.1. The molecular weight excluding hydrogens is 358 g/mol. The van der Waals surface area contributed by atoms with Crippen molar-refractivity contribution in [2.24, 2.45) is 5.73 Å². The van der Waals surface area contributed by atoms with Gasteiger partial charge in [-0.15, -0.1) is 11.3 Å². The standard InChI is InChI=1S/C18H18F2N4OS/c19-18(20)6-3-4-12(21)16(18)23-17(25)14-8-11(10-26-14)13-9-22-15-5-1-2-7-24(13)15/h1-2,5,7-10,12,16H,3-4,6,21H2,(H,23,25). The van der Waals surface area contributed by atoms with Gasteiger partial charge in [-0.1, -0.05) is 6.07 Å². The van der Waals surface area contributed by atoms with Gasteiger partial charge in [0.25, 0.3) is 11.8 Å². The minimum atomic E-state index is -2.98. The fraction of sp³-hybridized carbons (Fsp3) is 0.333. The third kappa shape index (κ3) is 2.99. The molecule has 1 amide bonds. The molecule has 0 radical (unpaired) electrons. The highest BCUT2D eigenvalue weighted by Gasteiger charge is 2.46. The molecule has 0 aromatic carbocycles. The van der Waals surface area contributed by atoms with Crippen LogP contribution in [0.4, 0.5) is 8.78 Å². The number of halogens is 2. The molecule has 3 aromatic heterocycles. The Morgan fingerprint density at radius 3 is 3.08 bits per heavy atom. The highest BCUT2D eigenvalue weighted by Crippen LogP contribution is 2.33. The van der Waals surface area contributed by atoms with Crippen LogP contribution in [0.5, 0.6) is 0 Å². The number of thiophene rings is 1. The van der Waals surface area contributed by atoms with E-state index in [1.54, 1.807) is 12.3 Å². The average molecular weight is 376 g/mol. The van der Waals surface area contributed by atoms with Crippen LogP contribution in [0.2, 0.25) is 0 Å². The second-order valence-electron chi connectivity index (χ2n) is 6.54. The highest BCUT2D eigenvalue weighted by atomic mass is 32.1. The molecule has 3 aromatic rings. The number of nitrogens with two attached hydrogens (primary N) is 1. The molecule has 136 valence electrons. The van der Waals surface area contributed by atoms with E-state index in [4.69, 9.17) is 5.73 Å². The lowest BCUT2D eigenvalue weighted by Crippen LogP contribution is -2.59. The Labute approximate surface area is 152 Å². The maximum absolute atomic E-state index is 14.1. The van der Waals surface area contributed by atoms with Crippen LogP contribution in [-0.2, 0) is 0 Å². The van der Waals surface area contributed by atoms with Gasteiger partial charge in [0.1, 0.15) is 11.7 Å². The zero-order valence-electron chi connectivity index (χ0n) is 13.9. The van der Waals surface area contributed by atoms with E-state index in [9.17, 15) is 13.6 Å². The van der Waals surface area contributed by atoms with Crippen LogP contribution in [0.3, 0.4) is 0 Å². The van der Waals surface area contributed by atoms with Gasteiger partial charge in [0.2, 0.25) is 0 Å². The quantitative estimate of drug-likeness (QED) is 0.737. The van der Waals surface area contributed by atoms with Gasteiger partial charge in [-0.05, 0) is 31.0 Å². The third-order valence-corrected chi connectivity index (χ3v) is 5.68. The van der Waals surface area contributed by atoms with E-state index >= 15 is 0 Å². The molecule has 3 N–H and O–H groups in total. The molecule has 0 saturated heterocycles. The second kappa shape index (κ2) is 6.44. The molecule has 0 aliphatic heterocycles. The summed E-state index contributed by atoms with van der Waals surface area (Å²) in [4.78, 5) is 17.2. The van der Waals surface area contributed by atoms with Crippen LogP contribution in [0, 0.1) is 0 Å². The topological polar surface area (TPSA) is 72.4 Å². The van der Waals surface area contributed by atoms with Crippen LogP contribution in [-0.4, -0.2) is 33.3 Å². The Balaban J connectivity index is 1.57. The second-order valence-corrected chi connectivity index (χ2v) is 7.45. The fourth-order valence-corrected chi connectivity index (χ4v) is 4.17. The number of alkyl halides is 2. The molecule has 3 heterocycles. The van der Waals surface area contributed by atoms with Crippen LogP contribution in [0.25, 0.3) is 16.9 Å². The van der Waals surface area contributed by atoms with Crippen molar-refractivity contribution < 1.29 is 13.6 Å². The van der Waals surface area contributed by atoms with Crippen LogP contribution in [0.15, 0.2) is 42.0 Å². The monoisotopic (exact) mass is 376 g/mol. The number of hydrogen-bond donors (Lipinski definition) is 2. The number of carbonyl (C=O) groups excluding carboxylic acids is 1. The number of amides is 1. The van der Waals surface area contributed by atoms with Gasteiger partial charge in [0.05, 0.1) is 16.8 Å². The van der Waals surface area contributed by atoms with E-state index in [-0.39, 0.29) is 6.42 Å². The third-order valence-electron chi connectivity index (χ3n) is 4.75. The number of nitrogens with zero attached hydrogens (tertiary/aromatic N) is 2. The van der Waals surface area contributed by atoms with Gasteiger partial charge in [-0.2, -0.15) is 0 Å². The van der Waals surface area contributed by atoms with Crippen molar-refractivity contribution in [3.8, 4) is 11.3 Å². The molecule has 1 saturated carbocycles. The summed E-state index contributed by atoms with van der Waals surface area (Å²) in [6.07, 6.45) is 4.22. The van der Waals surface area contributed by atoms with Gasteiger partial charge >= 0.3 is 0 Å². The van der Waals surface area contributed by atoms with Crippen molar-refractivity contribution in [2.75, 3.05) is 0 Å². The smallest absolute Gasteiger partial charge is 0.269 e. The number of pyridine rings is 1. The number of carbonyl (C=O) groups is 1. The van der Waals surface area contributed by atoms with Gasteiger partial charge in [0, 0.05) is 29.6 Å². The summed E-state index contributed by atoms with van der Waals surface area (Å²) in [5, 5.41) is 4.27. The van der Waals surface area contributed by atoms with E-state index in [1.165, 1.54) is 11.3 Å². The van der Waals surface area contributed by atoms with Crippen LogP contribution >= 0.6 is 11.3 Å². The lowest BCUT2D eigenvalue weighted by molar-refractivity contribution is -0.0674. The Hall–Kier alpha value is -2.32. The molecule has 8 heteroatoms. The number of hydrogen-bond acceptors (Lipinski definition) is 4. The number of imidazole rings is 1. The predicted octanol–water partition coefficient (Wildman–Crippen LogP) is 3.31. The van der Waals surface area contributed by atoms with Crippen LogP contribution in [0.1, 0.15) is 28.9 Å². The van der Waals surface area contributed by atoms with E-state index in [2.05, 4.69) is 10.3 Å². The molecule has 2 atom stereocenters. The Kier molecular flexibility index (Phi) is 4.24. The number of fused-ring (bicyclic) bond motifs is 1. The molecule has 0 spiro atoms. The normalized spacial score (nSPS) is 22.4. The molecule has 26 heavy (non-hydrogen) atoms. The maximum Gasteiger partial charge on any atom is 0.269 e. The van der Waals surface area contributed by atoms with Crippen molar-refractivity contribution in [3.05, 3.63) is 46.9 Å². The molecule has 1 fully saturated rings. The maximum atomic E-state index is 14.1. The van der Waals surface area contributed by atoms with Crippen molar-refractivity contribution in [1.29, 1.82) is 0 Å². The fourth-order valence-electron chi connectivity index (χ4n) is 3.37. The summed E-state index contributed by atoms with van der Waals surface area (Å²) in [5.41, 5.74) is 8.28. The summed E-state index contributed by atoms with van der Waals surface area (Å²) >= 11 is 1.22. The van der Waals surface area contributed by atoms with E-state index < -0.39 is 23.9 Å². The van der Waals surface area contributed by atoms with Gasteiger partial charge in [-0.25, -0.2) is 13.8 Å². The number of rotatable bonds is 3. The lowest BCUT2D eigenvalue weighted by Gasteiger charge is -2.36. The number of nitrogens with one attached hydrogen (secondary N) is 1.